The molecule has 0 spiro atoms. The Morgan fingerprint density at radius 2 is 1.63 bits per heavy atom. The van der Waals surface area contributed by atoms with Crippen LogP contribution in [-0.4, -0.2) is 0 Å². The zero-order valence-electron chi connectivity index (χ0n) is 20.9. The van der Waals surface area contributed by atoms with Crippen molar-refractivity contribution in [2.24, 2.45) is 58.2 Å². The summed E-state index contributed by atoms with van der Waals surface area (Å²) in [6.45, 7) is 16.7. The van der Waals surface area contributed by atoms with Gasteiger partial charge >= 0.3 is 0 Å². The van der Waals surface area contributed by atoms with Crippen molar-refractivity contribution < 1.29 is 0 Å². The molecule has 0 bridgehead atoms. The lowest BCUT2D eigenvalue weighted by atomic mass is 9.44. The van der Waals surface area contributed by atoms with Crippen LogP contribution in [0.4, 0.5) is 0 Å². The lowest BCUT2D eigenvalue weighted by Crippen LogP contribution is -2.53. The first-order valence-corrected chi connectivity index (χ1v) is 13.7. The maximum atomic E-state index is 3.95. The van der Waals surface area contributed by atoms with Crippen molar-refractivity contribution in [1.29, 1.82) is 0 Å². The Bertz CT molecular complexity index is 638. The van der Waals surface area contributed by atoms with Crippen LogP contribution in [0.2, 0.25) is 0 Å². The summed E-state index contributed by atoms with van der Waals surface area (Å²) in [5.74, 6) is 7.28. The average Bonchev–Trinajstić information content (AvgIpc) is 3.07. The Kier molecular flexibility index (Phi) is 6.67. The molecule has 4 rings (SSSR count). The Morgan fingerprint density at radius 1 is 0.867 bits per heavy atom. The molecule has 0 aromatic rings. The van der Waals surface area contributed by atoms with Crippen LogP contribution in [0, 0.1) is 58.2 Å². The van der Waals surface area contributed by atoms with E-state index in [4.69, 9.17) is 0 Å². The van der Waals surface area contributed by atoms with Crippen LogP contribution in [0.25, 0.3) is 0 Å². The molecule has 4 fully saturated rings. The van der Waals surface area contributed by atoms with Gasteiger partial charge in [-0.15, -0.1) is 5.73 Å². The minimum absolute atomic E-state index is 0.587. The van der Waals surface area contributed by atoms with Crippen LogP contribution >= 0.6 is 0 Å². The van der Waals surface area contributed by atoms with Gasteiger partial charge in [0.05, 0.1) is 0 Å². The van der Waals surface area contributed by atoms with Crippen LogP contribution in [0.3, 0.4) is 0 Å². The fraction of sp³-hybridized carbons (Fsp3) is 0.900. The Morgan fingerprint density at radius 3 is 2.37 bits per heavy atom. The molecule has 0 amide bonds. The number of hydrogen-bond donors (Lipinski definition) is 0. The zero-order chi connectivity index (χ0) is 21.5. The Hall–Kier alpha value is -0.480. The van der Waals surface area contributed by atoms with Crippen molar-refractivity contribution in [1.82, 2.24) is 0 Å². The van der Waals surface area contributed by atoms with E-state index in [0.29, 0.717) is 16.7 Å². The fourth-order valence-corrected chi connectivity index (χ4v) is 9.67. The molecule has 4 saturated carbocycles. The van der Waals surface area contributed by atoms with Gasteiger partial charge in [0.2, 0.25) is 0 Å². The summed E-state index contributed by atoms with van der Waals surface area (Å²) in [5, 5.41) is 0. The van der Waals surface area contributed by atoms with E-state index in [-0.39, 0.29) is 0 Å². The van der Waals surface area contributed by atoms with Crippen molar-refractivity contribution in [2.45, 2.75) is 112 Å². The molecule has 4 aliphatic carbocycles. The topological polar surface area (TPSA) is 0 Å². The highest BCUT2D eigenvalue weighted by Crippen LogP contribution is 2.68. The second-order valence-corrected chi connectivity index (χ2v) is 13.0. The lowest BCUT2D eigenvalue weighted by molar-refractivity contribution is -0.115. The van der Waals surface area contributed by atoms with Gasteiger partial charge in [-0.3, -0.25) is 0 Å². The van der Waals surface area contributed by atoms with Crippen molar-refractivity contribution in [3.05, 3.63) is 18.4 Å². The Labute approximate surface area is 188 Å². The molecule has 0 heteroatoms. The van der Waals surface area contributed by atoms with Crippen molar-refractivity contribution in [3.63, 3.8) is 0 Å². The fourth-order valence-electron chi connectivity index (χ4n) is 9.67. The third kappa shape index (κ3) is 3.78. The molecule has 0 nitrogen and oxygen atoms in total. The maximum absolute atomic E-state index is 3.95. The van der Waals surface area contributed by atoms with Crippen LogP contribution < -0.4 is 0 Å². The van der Waals surface area contributed by atoms with Crippen molar-refractivity contribution in [3.8, 4) is 0 Å². The molecule has 4 aliphatic rings. The minimum Gasteiger partial charge on any atom is -0.133 e. The molecule has 9 atom stereocenters. The van der Waals surface area contributed by atoms with Gasteiger partial charge in [-0.1, -0.05) is 60.5 Å². The summed E-state index contributed by atoms with van der Waals surface area (Å²) in [5.41, 5.74) is 4.45. The zero-order valence-corrected chi connectivity index (χ0v) is 20.9. The normalized spacial score (nSPS) is 45.1. The third-order valence-electron chi connectivity index (χ3n) is 11.4. The van der Waals surface area contributed by atoms with E-state index in [0.717, 1.165) is 41.4 Å². The molecule has 0 radical (unpaired) electrons. The number of fused-ring (bicyclic) bond motifs is 5. The Balaban J connectivity index is 1.52. The highest BCUT2D eigenvalue weighted by atomic mass is 14.6. The molecule has 0 aliphatic heterocycles. The molecular formula is C30H50. The van der Waals surface area contributed by atoms with E-state index >= 15 is 0 Å². The second-order valence-electron chi connectivity index (χ2n) is 13.0. The molecule has 0 N–H and O–H groups in total. The summed E-state index contributed by atoms with van der Waals surface area (Å²) in [6, 6.07) is 0. The van der Waals surface area contributed by atoms with E-state index < -0.39 is 0 Å². The molecule has 170 valence electrons. The van der Waals surface area contributed by atoms with Gasteiger partial charge in [-0.05, 0) is 122 Å². The van der Waals surface area contributed by atoms with Crippen LogP contribution in [0.5, 0.6) is 0 Å². The number of hydrogen-bond acceptors (Lipinski definition) is 0. The van der Waals surface area contributed by atoms with Gasteiger partial charge in [0, 0.05) is 0 Å². The summed E-state index contributed by atoms with van der Waals surface area (Å²) in [4.78, 5) is 0. The van der Waals surface area contributed by atoms with Gasteiger partial charge < -0.3 is 0 Å². The monoisotopic (exact) mass is 410 g/mol. The molecule has 0 aromatic heterocycles. The second kappa shape index (κ2) is 8.81. The predicted molar refractivity (Wildman–Crippen MR) is 130 cm³/mol. The summed E-state index contributed by atoms with van der Waals surface area (Å²) >= 11 is 0. The van der Waals surface area contributed by atoms with Gasteiger partial charge in [0.15, 0.2) is 0 Å². The highest BCUT2D eigenvalue weighted by Gasteiger charge is 2.60. The van der Waals surface area contributed by atoms with Crippen LogP contribution in [0.1, 0.15) is 112 Å². The first kappa shape index (κ1) is 22.7. The first-order valence-electron chi connectivity index (χ1n) is 13.7. The summed E-state index contributed by atoms with van der Waals surface area (Å²) in [6.07, 6.45) is 20.2. The van der Waals surface area contributed by atoms with E-state index in [2.05, 4.69) is 53.0 Å². The van der Waals surface area contributed by atoms with Gasteiger partial charge in [0.25, 0.3) is 0 Å². The molecule has 0 heterocycles. The molecule has 0 aromatic carbocycles. The summed E-state index contributed by atoms with van der Waals surface area (Å²) < 4.78 is 0. The average molecular weight is 411 g/mol. The first-order chi connectivity index (χ1) is 14.3. The van der Waals surface area contributed by atoms with E-state index in [9.17, 15) is 0 Å². The van der Waals surface area contributed by atoms with E-state index in [1.54, 1.807) is 12.8 Å². The predicted octanol–water partition coefficient (Wildman–Crippen LogP) is 9.07. The van der Waals surface area contributed by atoms with Gasteiger partial charge in [0.1, 0.15) is 0 Å². The SMILES string of the molecule is C=C=CC(CCC(C)C)[C@@H](C)[C@H]1CC[C@H]2[C@@H]3CCC4CCCC[C@]4(C)[C@H]3CC[C@]12C. The van der Waals surface area contributed by atoms with Crippen LogP contribution in [-0.2, 0) is 0 Å². The molecule has 2 unspecified atom stereocenters. The van der Waals surface area contributed by atoms with Gasteiger partial charge in [-0.2, -0.15) is 0 Å². The smallest absolute Gasteiger partial charge is 0.0129 e. The molecule has 0 saturated heterocycles. The van der Waals surface area contributed by atoms with E-state index in [1.807, 2.05) is 0 Å². The third-order valence-corrected chi connectivity index (χ3v) is 11.4. The number of rotatable bonds is 6. The van der Waals surface area contributed by atoms with Crippen molar-refractivity contribution in [2.75, 3.05) is 0 Å². The minimum atomic E-state index is 0.587. The number of allylic oxidation sites excluding steroid dienone is 1. The molecular weight excluding hydrogens is 360 g/mol. The van der Waals surface area contributed by atoms with Gasteiger partial charge in [-0.25, -0.2) is 0 Å². The largest absolute Gasteiger partial charge is 0.133 e. The maximum Gasteiger partial charge on any atom is -0.0129 e. The highest BCUT2D eigenvalue weighted by molar-refractivity contribution is 5.10. The quantitative estimate of drug-likeness (QED) is 0.383. The van der Waals surface area contributed by atoms with Crippen LogP contribution in [0.15, 0.2) is 18.4 Å². The lowest BCUT2D eigenvalue weighted by Gasteiger charge is -2.61. The molecule has 30 heavy (non-hydrogen) atoms. The standard InChI is InChI=1S/C30H50/c1-7-10-23(13-12-21(2)3)22(4)26-16-17-27-25-15-14-24-11-8-9-19-29(24,5)28(25)18-20-30(26,27)6/h10,21-28H,1,8-9,11-20H2,2-6H3/t22-,23?,24?,25+,26-,27+,28+,29+,30-/m1/s1. The van der Waals surface area contributed by atoms with E-state index in [1.165, 1.54) is 64.2 Å². The summed E-state index contributed by atoms with van der Waals surface area (Å²) in [7, 11) is 0. The van der Waals surface area contributed by atoms with Crippen molar-refractivity contribution >= 4 is 0 Å².